The number of fused-ring (bicyclic) bond motifs is 1. The molecule has 0 spiro atoms. The molecule has 1 aliphatic heterocycles. The van der Waals surface area contributed by atoms with Gasteiger partial charge in [-0.3, -0.25) is 4.79 Å². The number of aromatic nitrogens is 4. The number of benzene rings is 1. The molecule has 168 valence electrons. The van der Waals surface area contributed by atoms with Crippen LogP contribution in [0.2, 0.25) is 5.02 Å². The summed E-state index contributed by atoms with van der Waals surface area (Å²) in [7, 11) is 0. The van der Waals surface area contributed by atoms with Gasteiger partial charge in [0.15, 0.2) is 0 Å². The Balaban J connectivity index is 1.42. The van der Waals surface area contributed by atoms with Crippen LogP contribution in [0.3, 0.4) is 0 Å². The number of amides is 1. The third kappa shape index (κ3) is 4.93. The van der Waals surface area contributed by atoms with E-state index in [4.69, 9.17) is 21.1 Å². The Morgan fingerprint density at radius 1 is 1.22 bits per heavy atom. The van der Waals surface area contributed by atoms with E-state index in [1.54, 1.807) is 19.1 Å². The average molecular weight is 465 g/mol. The lowest BCUT2D eigenvalue weighted by Crippen LogP contribution is -2.57. The fraction of sp³-hybridized carbons (Fsp3) is 0.350. The summed E-state index contributed by atoms with van der Waals surface area (Å²) in [6, 6.07) is 3.09. The van der Waals surface area contributed by atoms with E-state index in [9.17, 15) is 13.6 Å². The zero-order chi connectivity index (χ0) is 22.9. The number of halogens is 3. The van der Waals surface area contributed by atoms with Crippen LogP contribution >= 0.6 is 11.6 Å². The Hall–Kier alpha value is -3.34. The van der Waals surface area contributed by atoms with E-state index in [1.807, 2.05) is 0 Å². The van der Waals surface area contributed by atoms with Gasteiger partial charge in [0.1, 0.15) is 12.4 Å². The second-order valence-electron chi connectivity index (χ2n) is 7.40. The highest BCUT2D eigenvalue weighted by molar-refractivity contribution is 6.36. The Bertz CT molecular complexity index is 1140. The molecule has 2 aromatic heterocycles. The van der Waals surface area contributed by atoms with Crippen LogP contribution in [0.15, 0.2) is 30.7 Å². The highest BCUT2D eigenvalue weighted by Gasteiger charge is 2.45. The lowest BCUT2D eigenvalue weighted by Gasteiger charge is -2.38. The predicted octanol–water partition coefficient (Wildman–Crippen LogP) is 3.22. The first-order chi connectivity index (χ1) is 15.2. The van der Waals surface area contributed by atoms with E-state index < -0.39 is 19.0 Å². The van der Waals surface area contributed by atoms with Crippen LogP contribution in [0, 0.1) is 0 Å². The molecule has 32 heavy (non-hydrogen) atoms. The van der Waals surface area contributed by atoms with Gasteiger partial charge in [-0.05, 0) is 19.1 Å². The summed E-state index contributed by atoms with van der Waals surface area (Å²) in [5.74, 6) is -1.85. The SMILES string of the molecule is CC(=O)N[C@@H](C)COc1cnc(Oc2ccc3nc(N4CC(F)(F)C4)ncc3c2Cl)cn1. The van der Waals surface area contributed by atoms with Gasteiger partial charge in [-0.25, -0.2) is 28.7 Å². The molecule has 4 rings (SSSR count). The topological polar surface area (TPSA) is 102 Å². The molecule has 0 saturated carbocycles. The number of carbonyl (C=O) groups excluding carboxylic acids is 1. The molecule has 1 saturated heterocycles. The molecule has 3 aromatic rings. The molecule has 1 fully saturated rings. The maximum absolute atomic E-state index is 13.1. The predicted molar refractivity (Wildman–Crippen MR) is 113 cm³/mol. The van der Waals surface area contributed by atoms with Gasteiger partial charge in [-0.15, -0.1) is 0 Å². The minimum atomic E-state index is -2.71. The molecule has 12 heteroatoms. The fourth-order valence-electron chi connectivity index (χ4n) is 3.07. The number of ether oxygens (including phenoxy) is 2. The highest BCUT2D eigenvalue weighted by Crippen LogP contribution is 2.36. The summed E-state index contributed by atoms with van der Waals surface area (Å²) in [4.78, 5) is 29.1. The van der Waals surface area contributed by atoms with Gasteiger partial charge in [-0.1, -0.05) is 11.6 Å². The number of anilines is 1. The van der Waals surface area contributed by atoms with Gasteiger partial charge in [0.05, 0.1) is 42.1 Å². The second kappa shape index (κ2) is 8.65. The van der Waals surface area contributed by atoms with Crippen LogP contribution in [0.4, 0.5) is 14.7 Å². The van der Waals surface area contributed by atoms with Crippen molar-refractivity contribution in [2.75, 3.05) is 24.6 Å². The van der Waals surface area contributed by atoms with Gasteiger partial charge < -0.3 is 19.7 Å². The number of rotatable bonds is 7. The molecular weight excluding hydrogens is 446 g/mol. The van der Waals surface area contributed by atoms with Crippen molar-refractivity contribution in [2.45, 2.75) is 25.8 Å². The average Bonchev–Trinajstić information content (AvgIpc) is 2.73. The molecule has 3 heterocycles. The minimum absolute atomic E-state index is 0.146. The summed E-state index contributed by atoms with van der Waals surface area (Å²) in [6.07, 6.45) is 4.24. The van der Waals surface area contributed by atoms with Crippen molar-refractivity contribution >= 4 is 34.4 Å². The molecule has 0 bridgehead atoms. The van der Waals surface area contributed by atoms with Crippen molar-refractivity contribution in [3.05, 3.63) is 35.7 Å². The quantitative estimate of drug-likeness (QED) is 0.568. The molecule has 9 nitrogen and oxygen atoms in total. The van der Waals surface area contributed by atoms with Gasteiger partial charge in [-0.2, -0.15) is 0 Å². The zero-order valence-corrected chi connectivity index (χ0v) is 17.9. The molecule has 1 N–H and O–H groups in total. The van der Waals surface area contributed by atoms with Crippen LogP contribution in [-0.4, -0.2) is 57.5 Å². The lowest BCUT2D eigenvalue weighted by atomic mass is 10.1. The summed E-state index contributed by atoms with van der Waals surface area (Å²) >= 11 is 6.43. The van der Waals surface area contributed by atoms with E-state index in [1.165, 1.54) is 30.4 Å². The standard InChI is InChI=1S/C20H19ClF2N6O3/c1-11(27-12(2)30)8-31-16-6-25-17(7-24-16)32-15-4-3-14-13(18(15)21)5-26-19(28-14)29-9-20(22,23)10-29/h3-7,11H,8-10H2,1-2H3,(H,27,30)/t11-/m0/s1. The van der Waals surface area contributed by atoms with E-state index in [0.29, 0.717) is 16.7 Å². The van der Waals surface area contributed by atoms with Crippen LogP contribution < -0.4 is 19.7 Å². The van der Waals surface area contributed by atoms with E-state index in [-0.39, 0.29) is 41.3 Å². The first kappa shape index (κ1) is 21.9. The molecule has 1 aromatic carbocycles. The minimum Gasteiger partial charge on any atom is -0.474 e. The number of nitrogens with one attached hydrogen (secondary N) is 1. The van der Waals surface area contributed by atoms with Crippen molar-refractivity contribution in [1.82, 2.24) is 25.3 Å². The fourth-order valence-corrected chi connectivity index (χ4v) is 3.32. The van der Waals surface area contributed by atoms with E-state index >= 15 is 0 Å². The molecule has 1 atom stereocenters. The summed E-state index contributed by atoms with van der Waals surface area (Å²) in [5.41, 5.74) is 0.505. The molecule has 0 unspecified atom stereocenters. The second-order valence-corrected chi connectivity index (χ2v) is 7.78. The number of hydrogen-bond acceptors (Lipinski definition) is 8. The maximum atomic E-state index is 13.1. The molecule has 0 radical (unpaired) electrons. The van der Waals surface area contributed by atoms with Crippen LogP contribution in [0.1, 0.15) is 13.8 Å². The monoisotopic (exact) mass is 464 g/mol. The first-order valence-corrected chi connectivity index (χ1v) is 10.1. The number of nitrogens with zero attached hydrogens (tertiary/aromatic N) is 5. The van der Waals surface area contributed by atoms with Gasteiger partial charge in [0.25, 0.3) is 5.92 Å². The van der Waals surface area contributed by atoms with Crippen molar-refractivity contribution in [3.63, 3.8) is 0 Å². The van der Waals surface area contributed by atoms with Crippen LogP contribution in [0.25, 0.3) is 10.9 Å². The third-order valence-electron chi connectivity index (χ3n) is 4.53. The van der Waals surface area contributed by atoms with Gasteiger partial charge >= 0.3 is 0 Å². The molecular formula is C20H19ClF2N6O3. The maximum Gasteiger partial charge on any atom is 0.282 e. The zero-order valence-electron chi connectivity index (χ0n) is 17.2. The number of alkyl halides is 2. The Kier molecular flexibility index (Phi) is 5.92. The number of hydrogen-bond donors (Lipinski definition) is 1. The third-order valence-corrected chi connectivity index (χ3v) is 4.92. The van der Waals surface area contributed by atoms with Crippen molar-refractivity contribution in [2.24, 2.45) is 0 Å². The molecule has 1 aliphatic rings. The van der Waals surface area contributed by atoms with Crippen molar-refractivity contribution in [1.29, 1.82) is 0 Å². The van der Waals surface area contributed by atoms with Gasteiger partial charge in [0.2, 0.25) is 23.6 Å². The number of carbonyl (C=O) groups is 1. The molecule has 0 aliphatic carbocycles. The molecule has 1 amide bonds. The van der Waals surface area contributed by atoms with Gasteiger partial charge in [0, 0.05) is 18.5 Å². The Morgan fingerprint density at radius 3 is 2.59 bits per heavy atom. The van der Waals surface area contributed by atoms with E-state index in [0.717, 1.165) is 0 Å². The summed E-state index contributed by atoms with van der Waals surface area (Å²) in [5, 5.41) is 3.47. The normalized spacial score (nSPS) is 15.7. The largest absolute Gasteiger partial charge is 0.474 e. The lowest BCUT2D eigenvalue weighted by molar-refractivity contribution is -0.119. The summed E-state index contributed by atoms with van der Waals surface area (Å²) < 4.78 is 37.4. The Labute approximate surface area is 186 Å². The highest BCUT2D eigenvalue weighted by atomic mass is 35.5. The van der Waals surface area contributed by atoms with Crippen molar-refractivity contribution in [3.8, 4) is 17.5 Å². The summed E-state index contributed by atoms with van der Waals surface area (Å²) in [6.45, 7) is 2.66. The van der Waals surface area contributed by atoms with E-state index in [2.05, 4.69) is 25.3 Å². The smallest absolute Gasteiger partial charge is 0.282 e. The van der Waals surface area contributed by atoms with Crippen LogP contribution in [-0.2, 0) is 4.79 Å². The van der Waals surface area contributed by atoms with Crippen LogP contribution in [0.5, 0.6) is 17.5 Å². The first-order valence-electron chi connectivity index (χ1n) is 9.68. The Morgan fingerprint density at radius 2 is 1.94 bits per heavy atom. The van der Waals surface area contributed by atoms with Crippen molar-refractivity contribution < 1.29 is 23.0 Å².